The molecule has 0 aliphatic carbocycles. The highest BCUT2D eigenvalue weighted by Gasteiger charge is 2.22. The van der Waals surface area contributed by atoms with E-state index in [1.807, 2.05) is 0 Å². The molecule has 2 atom stereocenters. The van der Waals surface area contributed by atoms with Crippen LogP contribution in [0.3, 0.4) is 0 Å². The van der Waals surface area contributed by atoms with Crippen molar-refractivity contribution >= 4 is 17.7 Å². The molecule has 1 N–H and O–H groups in total. The molecular formula is C16H28O5. The minimum Gasteiger partial charge on any atom is -0.481 e. The van der Waals surface area contributed by atoms with Gasteiger partial charge in [-0.2, -0.15) is 0 Å². The zero-order chi connectivity index (χ0) is 16.6. The van der Waals surface area contributed by atoms with Crippen molar-refractivity contribution in [1.82, 2.24) is 0 Å². The molecule has 0 aromatic rings. The standard InChI is InChI=1S/C16H28O5/c1-11(14(18)19)9-13(17)10-12(2)15(20)21-8-6-7-16(3,4)5/h11-12H,6-10H2,1-5H3,(H,18,19). The van der Waals surface area contributed by atoms with Crippen molar-refractivity contribution in [2.45, 2.75) is 60.3 Å². The molecule has 0 amide bonds. The van der Waals surface area contributed by atoms with Crippen LogP contribution in [-0.4, -0.2) is 29.4 Å². The second-order valence-electron chi connectivity index (χ2n) is 6.92. The number of carboxylic acids is 1. The Morgan fingerprint density at radius 1 is 1.05 bits per heavy atom. The number of carbonyl (C=O) groups excluding carboxylic acids is 2. The number of esters is 1. The molecular weight excluding hydrogens is 272 g/mol. The number of carboxylic acid groups (broad SMARTS) is 1. The molecule has 21 heavy (non-hydrogen) atoms. The number of Topliss-reactive ketones (excluding diaryl/α,β-unsaturated/α-hetero) is 1. The van der Waals surface area contributed by atoms with Crippen molar-refractivity contribution < 1.29 is 24.2 Å². The van der Waals surface area contributed by atoms with Crippen molar-refractivity contribution in [3.8, 4) is 0 Å². The summed E-state index contributed by atoms with van der Waals surface area (Å²) in [5.41, 5.74) is 0.209. The molecule has 5 heteroatoms. The van der Waals surface area contributed by atoms with Crippen molar-refractivity contribution in [3.05, 3.63) is 0 Å². The van der Waals surface area contributed by atoms with Gasteiger partial charge in [0.05, 0.1) is 18.4 Å². The largest absolute Gasteiger partial charge is 0.481 e. The zero-order valence-electron chi connectivity index (χ0n) is 13.8. The van der Waals surface area contributed by atoms with Crippen LogP contribution in [0.25, 0.3) is 0 Å². The lowest BCUT2D eigenvalue weighted by Gasteiger charge is -2.18. The van der Waals surface area contributed by atoms with Crippen LogP contribution in [0.15, 0.2) is 0 Å². The lowest BCUT2D eigenvalue weighted by atomic mass is 9.91. The Labute approximate surface area is 127 Å². The van der Waals surface area contributed by atoms with E-state index in [-0.39, 0.29) is 30.0 Å². The molecule has 0 aromatic heterocycles. The van der Waals surface area contributed by atoms with Crippen LogP contribution < -0.4 is 0 Å². The fraction of sp³-hybridized carbons (Fsp3) is 0.812. The third kappa shape index (κ3) is 10.0. The van der Waals surface area contributed by atoms with Gasteiger partial charge in [0.1, 0.15) is 5.78 Å². The highest BCUT2D eigenvalue weighted by atomic mass is 16.5. The maximum atomic E-state index is 11.7. The van der Waals surface area contributed by atoms with Crippen LogP contribution in [0.2, 0.25) is 0 Å². The van der Waals surface area contributed by atoms with Gasteiger partial charge in [-0.3, -0.25) is 14.4 Å². The fourth-order valence-corrected chi connectivity index (χ4v) is 1.85. The van der Waals surface area contributed by atoms with Crippen molar-refractivity contribution in [3.63, 3.8) is 0 Å². The summed E-state index contributed by atoms with van der Waals surface area (Å²) in [6.07, 6.45) is 1.75. The summed E-state index contributed by atoms with van der Waals surface area (Å²) >= 11 is 0. The van der Waals surface area contributed by atoms with Crippen LogP contribution in [0.1, 0.15) is 60.3 Å². The van der Waals surface area contributed by atoms with E-state index in [1.165, 1.54) is 6.92 Å². The summed E-state index contributed by atoms with van der Waals surface area (Å²) in [6, 6.07) is 0. The molecule has 0 bridgehead atoms. The molecule has 0 aromatic carbocycles. The summed E-state index contributed by atoms with van der Waals surface area (Å²) in [4.78, 5) is 34.1. The van der Waals surface area contributed by atoms with Crippen LogP contribution >= 0.6 is 0 Å². The second kappa shape index (κ2) is 8.80. The number of carbonyl (C=O) groups is 3. The summed E-state index contributed by atoms with van der Waals surface area (Å²) in [5.74, 6) is -2.84. The average molecular weight is 300 g/mol. The van der Waals surface area contributed by atoms with Gasteiger partial charge in [-0.1, -0.05) is 34.6 Å². The number of ether oxygens (including phenoxy) is 1. The van der Waals surface area contributed by atoms with Gasteiger partial charge in [0.15, 0.2) is 0 Å². The number of ketones is 1. The Balaban J connectivity index is 3.99. The molecule has 2 unspecified atom stereocenters. The van der Waals surface area contributed by atoms with E-state index >= 15 is 0 Å². The Bertz CT molecular complexity index is 367. The third-order valence-corrected chi connectivity index (χ3v) is 3.21. The number of hydrogen-bond acceptors (Lipinski definition) is 4. The average Bonchev–Trinajstić information content (AvgIpc) is 2.32. The lowest BCUT2D eigenvalue weighted by molar-refractivity contribution is -0.149. The number of aliphatic carboxylic acids is 1. The lowest BCUT2D eigenvalue weighted by Crippen LogP contribution is -2.21. The van der Waals surface area contributed by atoms with Gasteiger partial charge >= 0.3 is 11.9 Å². The molecule has 0 radical (unpaired) electrons. The van der Waals surface area contributed by atoms with E-state index in [0.717, 1.165) is 12.8 Å². The summed E-state index contributed by atoms with van der Waals surface area (Å²) < 4.78 is 5.15. The van der Waals surface area contributed by atoms with E-state index in [9.17, 15) is 14.4 Å². The minimum absolute atomic E-state index is 0.0374. The molecule has 0 rings (SSSR count). The topological polar surface area (TPSA) is 80.7 Å². The van der Waals surface area contributed by atoms with Gasteiger partial charge in [-0.15, -0.1) is 0 Å². The quantitative estimate of drug-likeness (QED) is 0.523. The van der Waals surface area contributed by atoms with Crippen LogP contribution in [0, 0.1) is 17.3 Å². The van der Waals surface area contributed by atoms with Crippen molar-refractivity contribution in [2.75, 3.05) is 6.61 Å². The Morgan fingerprint density at radius 2 is 1.57 bits per heavy atom. The van der Waals surface area contributed by atoms with E-state index in [4.69, 9.17) is 9.84 Å². The van der Waals surface area contributed by atoms with Crippen LogP contribution in [0.5, 0.6) is 0 Å². The van der Waals surface area contributed by atoms with Crippen molar-refractivity contribution in [1.29, 1.82) is 0 Å². The predicted molar refractivity (Wildman–Crippen MR) is 79.9 cm³/mol. The van der Waals surface area contributed by atoms with Gasteiger partial charge < -0.3 is 9.84 Å². The van der Waals surface area contributed by atoms with Crippen LogP contribution in [-0.2, 0) is 19.1 Å². The molecule has 0 fully saturated rings. The van der Waals surface area contributed by atoms with E-state index in [1.54, 1.807) is 6.92 Å². The highest BCUT2D eigenvalue weighted by molar-refractivity contribution is 5.87. The van der Waals surface area contributed by atoms with Gasteiger partial charge in [-0.25, -0.2) is 0 Å². The maximum absolute atomic E-state index is 11.7. The smallest absolute Gasteiger partial charge is 0.309 e. The van der Waals surface area contributed by atoms with Gasteiger partial charge in [0.2, 0.25) is 0 Å². The number of rotatable bonds is 9. The second-order valence-corrected chi connectivity index (χ2v) is 6.92. The molecule has 0 aliphatic rings. The highest BCUT2D eigenvalue weighted by Crippen LogP contribution is 2.20. The van der Waals surface area contributed by atoms with E-state index < -0.39 is 17.8 Å². The normalized spacial score (nSPS) is 14.3. The van der Waals surface area contributed by atoms with Crippen molar-refractivity contribution in [2.24, 2.45) is 17.3 Å². The summed E-state index contributed by atoms with van der Waals surface area (Å²) in [7, 11) is 0. The van der Waals surface area contributed by atoms with Gasteiger partial charge in [0, 0.05) is 12.8 Å². The molecule has 0 aliphatic heterocycles. The monoisotopic (exact) mass is 300 g/mol. The van der Waals surface area contributed by atoms with E-state index in [0.29, 0.717) is 6.61 Å². The SMILES string of the molecule is CC(CC(=O)CC(C)C(=O)OCCCC(C)(C)C)C(=O)O. The zero-order valence-corrected chi connectivity index (χ0v) is 13.8. The molecule has 0 spiro atoms. The Hall–Kier alpha value is -1.39. The predicted octanol–water partition coefficient (Wildman–Crippen LogP) is 3.06. The van der Waals surface area contributed by atoms with Crippen LogP contribution in [0.4, 0.5) is 0 Å². The van der Waals surface area contributed by atoms with Gasteiger partial charge in [0.25, 0.3) is 0 Å². The Kier molecular flexibility index (Phi) is 8.22. The van der Waals surface area contributed by atoms with E-state index in [2.05, 4.69) is 20.8 Å². The Morgan fingerprint density at radius 3 is 2.05 bits per heavy atom. The molecule has 5 nitrogen and oxygen atoms in total. The molecule has 0 saturated carbocycles. The maximum Gasteiger partial charge on any atom is 0.309 e. The third-order valence-electron chi connectivity index (χ3n) is 3.21. The minimum atomic E-state index is -0.999. The van der Waals surface area contributed by atoms with Gasteiger partial charge in [-0.05, 0) is 18.3 Å². The molecule has 122 valence electrons. The first kappa shape index (κ1) is 19.6. The summed E-state index contributed by atoms with van der Waals surface area (Å²) in [6.45, 7) is 9.85. The molecule has 0 saturated heterocycles. The number of hydrogen-bond donors (Lipinski definition) is 1. The first-order valence-electron chi connectivity index (χ1n) is 7.44. The summed E-state index contributed by atoms with van der Waals surface area (Å²) in [5, 5.41) is 8.74. The first-order valence-corrected chi connectivity index (χ1v) is 7.44. The fourth-order valence-electron chi connectivity index (χ4n) is 1.85. The first-order chi connectivity index (χ1) is 9.53. The molecule has 0 heterocycles.